The van der Waals surface area contributed by atoms with E-state index in [1.54, 1.807) is 24.8 Å². The van der Waals surface area contributed by atoms with Crippen molar-refractivity contribution in [2.24, 2.45) is 0 Å². The molecule has 1 aromatic carbocycles. The third-order valence-corrected chi connectivity index (χ3v) is 7.27. The quantitative estimate of drug-likeness (QED) is 0.755. The minimum atomic E-state index is -3.41. The standard InChI is InChI=1S/C18H24N2O4S2/c1-3-26(22,23)24-13-7-5-8-14(10-13)25-11-16-19-17-12(2)6-4-9-15(17)18(21)20-16/h4,6,9,13-14H,3,5,7-8,10-11H2,1-2H3,(H,19,20,21). The third kappa shape index (κ3) is 4.66. The van der Waals surface area contributed by atoms with Crippen LogP contribution in [-0.2, 0) is 20.1 Å². The van der Waals surface area contributed by atoms with Gasteiger partial charge in [-0.05, 0) is 51.2 Å². The molecule has 1 heterocycles. The molecule has 1 saturated carbocycles. The molecule has 8 heteroatoms. The normalized spacial score (nSPS) is 21.2. The van der Waals surface area contributed by atoms with Crippen molar-refractivity contribution in [3.8, 4) is 0 Å². The molecule has 0 spiro atoms. The first-order valence-corrected chi connectivity index (χ1v) is 11.5. The monoisotopic (exact) mass is 396 g/mol. The van der Waals surface area contributed by atoms with E-state index in [9.17, 15) is 13.2 Å². The number of aromatic nitrogens is 2. The van der Waals surface area contributed by atoms with Crippen LogP contribution in [0.15, 0.2) is 23.0 Å². The summed E-state index contributed by atoms with van der Waals surface area (Å²) in [5.41, 5.74) is 1.61. The van der Waals surface area contributed by atoms with Gasteiger partial charge in [0.1, 0.15) is 5.82 Å². The molecule has 0 amide bonds. The van der Waals surface area contributed by atoms with Crippen LogP contribution in [0.4, 0.5) is 0 Å². The van der Waals surface area contributed by atoms with Gasteiger partial charge < -0.3 is 4.98 Å². The van der Waals surface area contributed by atoms with Gasteiger partial charge in [-0.1, -0.05) is 12.1 Å². The number of hydrogen-bond acceptors (Lipinski definition) is 6. The zero-order chi connectivity index (χ0) is 18.7. The SMILES string of the molecule is CCS(=O)(=O)OC1CCCC(SCc2nc3c(C)cccc3c(=O)[nH]2)C1. The number of nitrogens with one attached hydrogen (secondary N) is 1. The first-order chi connectivity index (χ1) is 12.4. The number of fused-ring (bicyclic) bond motifs is 1. The topological polar surface area (TPSA) is 89.1 Å². The predicted molar refractivity (Wildman–Crippen MR) is 105 cm³/mol. The highest BCUT2D eigenvalue weighted by Crippen LogP contribution is 2.32. The molecule has 0 saturated heterocycles. The lowest BCUT2D eigenvalue weighted by Crippen LogP contribution is -2.27. The summed E-state index contributed by atoms with van der Waals surface area (Å²) in [6.07, 6.45) is 3.22. The first-order valence-electron chi connectivity index (χ1n) is 8.89. The number of aryl methyl sites for hydroxylation is 1. The summed E-state index contributed by atoms with van der Waals surface area (Å²) < 4.78 is 28.6. The molecule has 6 nitrogen and oxygen atoms in total. The molecule has 3 rings (SSSR count). The van der Waals surface area contributed by atoms with E-state index >= 15 is 0 Å². The highest BCUT2D eigenvalue weighted by Gasteiger charge is 2.26. The fraction of sp³-hybridized carbons (Fsp3) is 0.556. The number of hydrogen-bond donors (Lipinski definition) is 1. The van der Waals surface area contributed by atoms with Crippen LogP contribution in [0, 0.1) is 6.92 Å². The van der Waals surface area contributed by atoms with E-state index in [2.05, 4.69) is 9.97 Å². The molecule has 26 heavy (non-hydrogen) atoms. The molecule has 0 bridgehead atoms. The van der Waals surface area contributed by atoms with Crippen LogP contribution in [0.3, 0.4) is 0 Å². The Kier molecular flexibility index (Phi) is 6.04. The Hall–Kier alpha value is -1.38. The number of aromatic amines is 1. The first kappa shape index (κ1) is 19.4. The van der Waals surface area contributed by atoms with Crippen molar-refractivity contribution in [3.63, 3.8) is 0 Å². The van der Waals surface area contributed by atoms with Crippen molar-refractivity contribution in [2.45, 2.75) is 56.6 Å². The summed E-state index contributed by atoms with van der Waals surface area (Å²) in [6.45, 7) is 3.54. The van der Waals surface area contributed by atoms with Gasteiger partial charge in [-0.3, -0.25) is 8.98 Å². The molecular weight excluding hydrogens is 372 g/mol. The average molecular weight is 397 g/mol. The van der Waals surface area contributed by atoms with E-state index in [0.717, 1.165) is 30.3 Å². The van der Waals surface area contributed by atoms with Gasteiger partial charge in [0.15, 0.2) is 0 Å². The van der Waals surface area contributed by atoms with Gasteiger partial charge in [0.05, 0.1) is 28.5 Å². The lowest BCUT2D eigenvalue weighted by molar-refractivity contribution is 0.165. The van der Waals surface area contributed by atoms with Crippen LogP contribution in [0.5, 0.6) is 0 Å². The molecule has 2 unspecified atom stereocenters. The minimum Gasteiger partial charge on any atom is -0.309 e. The highest BCUT2D eigenvalue weighted by molar-refractivity contribution is 7.99. The Morgan fingerprint density at radius 1 is 1.35 bits per heavy atom. The van der Waals surface area contributed by atoms with Crippen LogP contribution in [0.2, 0.25) is 0 Å². The molecule has 1 aromatic heterocycles. The number of nitrogens with zero attached hydrogens (tertiary/aromatic N) is 1. The van der Waals surface area contributed by atoms with Gasteiger partial charge in [0.25, 0.3) is 15.7 Å². The maximum Gasteiger partial charge on any atom is 0.267 e. The maximum absolute atomic E-state index is 12.3. The van der Waals surface area contributed by atoms with Crippen LogP contribution in [0.25, 0.3) is 10.9 Å². The largest absolute Gasteiger partial charge is 0.309 e. The molecule has 2 atom stereocenters. The van der Waals surface area contributed by atoms with E-state index in [0.29, 0.717) is 28.6 Å². The number of para-hydroxylation sites is 1. The van der Waals surface area contributed by atoms with E-state index in [1.165, 1.54) is 0 Å². The Morgan fingerprint density at radius 2 is 2.15 bits per heavy atom. The second kappa shape index (κ2) is 8.10. The van der Waals surface area contributed by atoms with Crippen LogP contribution in [-0.4, -0.2) is 35.5 Å². The summed E-state index contributed by atoms with van der Waals surface area (Å²) >= 11 is 1.70. The smallest absolute Gasteiger partial charge is 0.267 e. The predicted octanol–water partition coefficient (Wildman–Crippen LogP) is 3.14. The van der Waals surface area contributed by atoms with Crippen molar-refractivity contribution in [1.29, 1.82) is 0 Å². The Bertz CT molecular complexity index is 940. The number of H-pyrrole nitrogens is 1. The van der Waals surface area contributed by atoms with Crippen molar-refractivity contribution < 1.29 is 12.6 Å². The summed E-state index contributed by atoms with van der Waals surface area (Å²) in [7, 11) is -3.41. The zero-order valence-corrected chi connectivity index (χ0v) is 16.7. The minimum absolute atomic E-state index is 0.00288. The van der Waals surface area contributed by atoms with Crippen LogP contribution < -0.4 is 5.56 Å². The summed E-state index contributed by atoms with van der Waals surface area (Å²) in [6, 6.07) is 5.58. The number of benzene rings is 1. The van der Waals surface area contributed by atoms with Gasteiger partial charge >= 0.3 is 0 Å². The van der Waals surface area contributed by atoms with Crippen molar-refractivity contribution in [3.05, 3.63) is 39.9 Å². The Morgan fingerprint density at radius 3 is 2.92 bits per heavy atom. The van der Waals surface area contributed by atoms with Crippen molar-refractivity contribution >= 4 is 32.8 Å². The molecule has 1 fully saturated rings. The summed E-state index contributed by atoms with van der Waals surface area (Å²) in [5, 5.41) is 0.910. The molecule has 0 aliphatic heterocycles. The van der Waals surface area contributed by atoms with E-state index in [4.69, 9.17) is 4.18 Å². The molecule has 142 valence electrons. The number of rotatable bonds is 6. The fourth-order valence-electron chi connectivity index (χ4n) is 3.23. The van der Waals surface area contributed by atoms with Crippen LogP contribution in [0.1, 0.15) is 44.0 Å². The van der Waals surface area contributed by atoms with Gasteiger partial charge in [-0.15, -0.1) is 0 Å². The Balaban J connectivity index is 1.66. The van der Waals surface area contributed by atoms with Gasteiger partial charge in [-0.25, -0.2) is 4.98 Å². The number of thioether (sulfide) groups is 1. The molecule has 1 aliphatic rings. The van der Waals surface area contributed by atoms with E-state index in [-0.39, 0.29) is 17.4 Å². The van der Waals surface area contributed by atoms with Crippen molar-refractivity contribution in [2.75, 3.05) is 5.75 Å². The Labute approximate surface area is 157 Å². The fourth-order valence-corrected chi connectivity index (χ4v) is 5.17. The van der Waals surface area contributed by atoms with Gasteiger partial charge in [-0.2, -0.15) is 20.2 Å². The molecule has 2 aromatic rings. The van der Waals surface area contributed by atoms with E-state index in [1.807, 2.05) is 19.1 Å². The third-order valence-electron chi connectivity index (χ3n) is 4.66. The molecule has 0 radical (unpaired) electrons. The molecule has 1 N–H and O–H groups in total. The lowest BCUT2D eigenvalue weighted by Gasteiger charge is -2.28. The van der Waals surface area contributed by atoms with Gasteiger partial charge in [0.2, 0.25) is 0 Å². The van der Waals surface area contributed by atoms with Crippen molar-refractivity contribution in [1.82, 2.24) is 9.97 Å². The van der Waals surface area contributed by atoms with Gasteiger partial charge in [0, 0.05) is 5.25 Å². The highest BCUT2D eigenvalue weighted by atomic mass is 32.2. The average Bonchev–Trinajstić information content (AvgIpc) is 2.61. The maximum atomic E-state index is 12.3. The zero-order valence-electron chi connectivity index (χ0n) is 15.0. The second-order valence-corrected chi connectivity index (χ2v) is 9.82. The molecular formula is C18H24N2O4S2. The molecule has 1 aliphatic carbocycles. The summed E-state index contributed by atoms with van der Waals surface area (Å²) in [5.74, 6) is 1.26. The summed E-state index contributed by atoms with van der Waals surface area (Å²) in [4.78, 5) is 19.7. The van der Waals surface area contributed by atoms with E-state index < -0.39 is 10.1 Å². The lowest BCUT2D eigenvalue weighted by atomic mass is 9.97. The second-order valence-electron chi connectivity index (χ2n) is 6.65. The van der Waals surface area contributed by atoms with Crippen LogP contribution >= 0.6 is 11.8 Å².